The summed E-state index contributed by atoms with van der Waals surface area (Å²) in [6.45, 7) is 2.70. The average molecular weight is 266 g/mol. The third-order valence-electron chi connectivity index (χ3n) is 4.96. The minimum Gasteiger partial charge on any atom is -0.370 e. The number of hydrogen-bond donors (Lipinski definition) is 0. The van der Waals surface area contributed by atoms with Crippen molar-refractivity contribution in [2.45, 2.75) is 83.7 Å². The molecule has 19 heavy (non-hydrogen) atoms. The second-order valence-electron chi connectivity index (χ2n) is 6.45. The van der Waals surface area contributed by atoms with Crippen LogP contribution in [0.2, 0.25) is 0 Å². The van der Waals surface area contributed by atoms with E-state index in [1.54, 1.807) is 0 Å². The van der Waals surface area contributed by atoms with Crippen molar-refractivity contribution in [2.75, 3.05) is 6.61 Å². The fourth-order valence-electron chi connectivity index (χ4n) is 3.90. The zero-order valence-electron chi connectivity index (χ0n) is 12.5. The lowest BCUT2D eigenvalue weighted by molar-refractivity contribution is -0.136. The van der Waals surface area contributed by atoms with Crippen LogP contribution in [0.4, 0.5) is 0 Å². The van der Waals surface area contributed by atoms with E-state index in [4.69, 9.17) is 4.74 Å². The highest BCUT2D eigenvalue weighted by atomic mass is 16.5. The van der Waals surface area contributed by atoms with Gasteiger partial charge in [0.15, 0.2) is 5.78 Å². The Morgan fingerprint density at radius 3 is 2.16 bits per heavy atom. The Bertz CT molecular complexity index is 262. The van der Waals surface area contributed by atoms with Crippen LogP contribution in [0.3, 0.4) is 0 Å². The van der Waals surface area contributed by atoms with Crippen LogP contribution >= 0.6 is 0 Å². The first kappa shape index (κ1) is 15.0. The van der Waals surface area contributed by atoms with Crippen LogP contribution in [0.15, 0.2) is 0 Å². The first-order valence-electron chi connectivity index (χ1n) is 8.45. The monoisotopic (exact) mass is 266 g/mol. The quantitative estimate of drug-likeness (QED) is 0.707. The number of carbonyl (C=O) groups excluding carboxylic acids is 1. The molecule has 2 aliphatic carbocycles. The van der Waals surface area contributed by atoms with Crippen molar-refractivity contribution in [1.82, 2.24) is 0 Å². The van der Waals surface area contributed by atoms with Gasteiger partial charge in [-0.3, -0.25) is 4.79 Å². The smallest absolute Gasteiger partial charge is 0.162 e. The summed E-state index contributed by atoms with van der Waals surface area (Å²) in [5, 5.41) is 0. The molecule has 0 aromatic heterocycles. The molecule has 0 saturated heterocycles. The number of rotatable bonds is 6. The predicted molar refractivity (Wildman–Crippen MR) is 78.2 cm³/mol. The van der Waals surface area contributed by atoms with E-state index in [2.05, 4.69) is 0 Å². The summed E-state index contributed by atoms with van der Waals surface area (Å²) in [6, 6.07) is 0. The van der Waals surface area contributed by atoms with Crippen LogP contribution in [0, 0.1) is 11.8 Å². The molecule has 0 radical (unpaired) electrons. The van der Waals surface area contributed by atoms with E-state index in [1.807, 2.05) is 6.92 Å². The molecule has 110 valence electrons. The van der Waals surface area contributed by atoms with Gasteiger partial charge in [-0.1, -0.05) is 51.4 Å². The van der Waals surface area contributed by atoms with E-state index in [1.165, 1.54) is 64.2 Å². The first-order chi connectivity index (χ1) is 9.31. The molecule has 2 fully saturated rings. The van der Waals surface area contributed by atoms with E-state index in [9.17, 15) is 4.79 Å². The standard InChI is InChI=1S/C17H30O2/c1-2-19-17(15-11-7-4-8-12-15)16(18)13-14-9-5-3-6-10-14/h14-15,17H,2-13H2,1H3. The lowest BCUT2D eigenvalue weighted by Gasteiger charge is -2.30. The Hall–Kier alpha value is -0.370. The molecule has 2 nitrogen and oxygen atoms in total. The Balaban J connectivity index is 1.87. The minimum atomic E-state index is -0.0905. The normalized spacial score (nSPS) is 24.3. The molecule has 0 aliphatic heterocycles. The first-order valence-corrected chi connectivity index (χ1v) is 8.45. The second-order valence-corrected chi connectivity index (χ2v) is 6.45. The Kier molecular flexibility index (Phi) is 6.36. The maximum atomic E-state index is 12.6. The molecule has 0 N–H and O–H groups in total. The molecule has 0 spiro atoms. The highest BCUT2D eigenvalue weighted by molar-refractivity contribution is 5.83. The Morgan fingerprint density at radius 1 is 1.00 bits per heavy atom. The fraction of sp³-hybridized carbons (Fsp3) is 0.941. The molecule has 1 unspecified atom stereocenters. The van der Waals surface area contributed by atoms with E-state index in [-0.39, 0.29) is 6.10 Å². The van der Waals surface area contributed by atoms with Crippen molar-refractivity contribution < 1.29 is 9.53 Å². The van der Waals surface area contributed by atoms with Crippen molar-refractivity contribution in [3.63, 3.8) is 0 Å². The van der Waals surface area contributed by atoms with Gasteiger partial charge in [0.2, 0.25) is 0 Å². The van der Waals surface area contributed by atoms with Gasteiger partial charge in [0.05, 0.1) is 0 Å². The highest BCUT2D eigenvalue weighted by Crippen LogP contribution is 2.32. The molecule has 0 aromatic rings. The Labute approximate surface area is 118 Å². The van der Waals surface area contributed by atoms with Gasteiger partial charge in [-0.15, -0.1) is 0 Å². The van der Waals surface area contributed by atoms with Crippen LogP contribution in [-0.4, -0.2) is 18.5 Å². The van der Waals surface area contributed by atoms with Crippen LogP contribution in [0.5, 0.6) is 0 Å². The van der Waals surface area contributed by atoms with Crippen LogP contribution in [0.1, 0.15) is 77.6 Å². The van der Waals surface area contributed by atoms with E-state index in [0.717, 1.165) is 6.42 Å². The van der Waals surface area contributed by atoms with Gasteiger partial charge in [0, 0.05) is 13.0 Å². The summed E-state index contributed by atoms with van der Waals surface area (Å²) in [4.78, 5) is 12.6. The largest absolute Gasteiger partial charge is 0.370 e. The van der Waals surface area contributed by atoms with Crippen molar-refractivity contribution in [1.29, 1.82) is 0 Å². The molecular weight excluding hydrogens is 236 g/mol. The molecule has 2 rings (SSSR count). The lowest BCUT2D eigenvalue weighted by atomic mass is 9.80. The third-order valence-corrected chi connectivity index (χ3v) is 4.96. The highest BCUT2D eigenvalue weighted by Gasteiger charge is 2.31. The van der Waals surface area contributed by atoms with Crippen LogP contribution in [-0.2, 0) is 9.53 Å². The van der Waals surface area contributed by atoms with Gasteiger partial charge in [0.25, 0.3) is 0 Å². The maximum absolute atomic E-state index is 12.6. The number of hydrogen-bond acceptors (Lipinski definition) is 2. The Morgan fingerprint density at radius 2 is 1.58 bits per heavy atom. The molecular formula is C17H30O2. The van der Waals surface area contributed by atoms with Gasteiger partial charge in [-0.2, -0.15) is 0 Å². The van der Waals surface area contributed by atoms with Crippen molar-refractivity contribution in [2.24, 2.45) is 11.8 Å². The number of ether oxygens (including phenoxy) is 1. The van der Waals surface area contributed by atoms with Gasteiger partial charge in [-0.05, 0) is 31.6 Å². The maximum Gasteiger partial charge on any atom is 0.162 e. The topological polar surface area (TPSA) is 26.3 Å². The predicted octanol–water partition coefficient (Wildman–Crippen LogP) is 4.51. The lowest BCUT2D eigenvalue weighted by Crippen LogP contribution is -2.35. The van der Waals surface area contributed by atoms with Gasteiger partial charge in [-0.25, -0.2) is 0 Å². The molecule has 2 saturated carbocycles. The van der Waals surface area contributed by atoms with Gasteiger partial charge < -0.3 is 4.74 Å². The van der Waals surface area contributed by atoms with Gasteiger partial charge in [0.1, 0.15) is 6.10 Å². The fourth-order valence-corrected chi connectivity index (χ4v) is 3.90. The second kappa shape index (κ2) is 8.04. The number of ketones is 1. The summed E-state index contributed by atoms with van der Waals surface area (Å²) in [7, 11) is 0. The van der Waals surface area contributed by atoms with E-state index < -0.39 is 0 Å². The molecule has 0 amide bonds. The van der Waals surface area contributed by atoms with Crippen LogP contribution in [0.25, 0.3) is 0 Å². The molecule has 0 aromatic carbocycles. The van der Waals surface area contributed by atoms with Crippen molar-refractivity contribution in [3.05, 3.63) is 0 Å². The summed E-state index contributed by atoms with van der Waals surface area (Å²) < 4.78 is 5.84. The van der Waals surface area contributed by atoms with E-state index in [0.29, 0.717) is 24.2 Å². The summed E-state index contributed by atoms with van der Waals surface area (Å²) in [6.07, 6.45) is 13.5. The average Bonchev–Trinajstić information content (AvgIpc) is 2.46. The third kappa shape index (κ3) is 4.59. The SMILES string of the molecule is CCOC(C(=O)CC1CCCCC1)C1CCCCC1. The summed E-state index contributed by atoms with van der Waals surface area (Å²) in [5.41, 5.74) is 0. The van der Waals surface area contributed by atoms with Crippen molar-refractivity contribution in [3.8, 4) is 0 Å². The van der Waals surface area contributed by atoms with Crippen LogP contribution < -0.4 is 0 Å². The number of carbonyl (C=O) groups is 1. The van der Waals surface area contributed by atoms with Crippen molar-refractivity contribution >= 4 is 5.78 Å². The molecule has 0 heterocycles. The minimum absolute atomic E-state index is 0.0905. The van der Waals surface area contributed by atoms with E-state index >= 15 is 0 Å². The van der Waals surface area contributed by atoms with Gasteiger partial charge >= 0.3 is 0 Å². The number of Topliss-reactive ketones (excluding diaryl/α,β-unsaturated/α-hetero) is 1. The zero-order chi connectivity index (χ0) is 13.5. The molecule has 2 heteroatoms. The molecule has 1 atom stereocenters. The molecule has 0 bridgehead atoms. The molecule has 2 aliphatic rings. The summed E-state index contributed by atoms with van der Waals surface area (Å²) >= 11 is 0. The summed E-state index contributed by atoms with van der Waals surface area (Å²) in [5.74, 6) is 1.55. The zero-order valence-corrected chi connectivity index (χ0v) is 12.5.